The summed E-state index contributed by atoms with van der Waals surface area (Å²) in [6, 6.07) is 12.7. The van der Waals surface area contributed by atoms with E-state index in [-0.39, 0.29) is 17.4 Å². The molecular formula is C15H15N3O3. The first-order chi connectivity index (χ1) is 10.1. The maximum absolute atomic E-state index is 12.6. The number of hydrogen-bond acceptors (Lipinski definition) is 5. The van der Waals surface area contributed by atoms with Gasteiger partial charge in [0, 0.05) is 18.7 Å². The molecule has 2 aromatic carbocycles. The Morgan fingerprint density at radius 1 is 1.10 bits per heavy atom. The van der Waals surface area contributed by atoms with Gasteiger partial charge in [0.05, 0.1) is 5.69 Å². The number of aromatic hydroxyl groups is 2. The number of phenols is 2. The number of likely N-dealkylation sites (N-methyl/N-ethyl adjacent to an activating group) is 1. The fourth-order valence-corrected chi connectivity index (χ4v) is 2.42. The molecule has 0 aliphatic carbocycles. The van der Waals surface area contributed by atoms with Gasteiger partial charge in [-0.05, 0) is 24.3 Å². The van der Waals surface area contributed by atoms with Gasteiger partial charge in [-0.25, -0.2) is 10.0 Å². The van der Waals surface area contributed by atoms with Crippen LogP contribution >= 0.6 is 0 Å². The second-order valence-corrected chi connectivity index (χ2v) is 4.87. The number of nitrogens with one attached hydrogen (secondary N) is 1. The van der Waals surface area contributed by atoms with E-state index in [2.05, 4.69) is 5.53 Å². The fraction of sp³-hybridized carbons (Fsp3) is 0.133. The topological polar surface area (TPSA) is 76.0 Å². The zero-order valence-electron chi connectivity index (χ0n) is 11.4. The van der Waals surface area contributed by atoms with Crippen LogP contribution in [0.4, 0.5) is 5.69 Å². The van der Waals surface area contributed by atoms with Crippen LogP contribution < -0.4 is 10.5 Å². The van der Waals surface area contributed by atoms with E-state index in [1.54, 1.807) is 18.1 Å². The van der Waals surface area contributed by atoms with Gasteiger partial charge in [0.15, 0.2) is 0 Å². The number of amides is 1. The molecule has 1 fully saturated rings. The third-order valence-electron chi connectivity index (χ3n) is 3.42. The zero-order chi connectivity index (χ0) is 15.0. The molecule has 6 nitrogen and oxygen atoms in total. The number of benzene rings is 2. The molecule has 0 bridgehead atoms. The molecule has 1 aliphatic heterocycles. The van der Waals surface area contributed by atoms with E-state index >= 15 is 0 Å². The summed E-state index contributed by atoms with van der Waals surface area (Å²) in [4.78, 5) is 12.6. The number of hydrazine groups is 2. The Morgan fingerprint density at radius 3 is 2.48 bits per heavy atom. The largest absolute Gasteiger partial charge is 0.508 e. The molecule has 0 radical (unpaired) electrons. The van der Waals surface area contributed by atoms with Gasteiger partial charge in [-0.3, -0.25) is 4.79 Å². The highest BCUT2D eigenvalue weighted by Gasteiger charge is 2.39. The first kappa shape index (κ1) is 13.4. The van der Waals surface area contributed by atoms with E-state index in [4.69, 9.17) is 0 Å². The van der Waals surface area contributed by atoms with Crippen molar-refractivity contribution in [2.45, 2.75) is 6.04 Å². The summed E-state index contributed by atoms with van der Waals surface area (Å²) in [6.45, 7) is 0. The molecule has 1 amide bonds. The molecule has 1 saturated heterocycles. The summed E-state index contributed by atoms with van der Waals surface area (Å²) in [7, 11) is 1.72. The van der Waals surface area contributed by atoms with Gasteiger partial charge in [-0.1, -0.05) is 18.2 Å². The molecule has 108 valence electrons. The molecule has 3 rings (SSSR count). The summed E-state index contributed by atoms with van der Waals surface area (Å²) < 4.78 is 0. The van der Waals surface area contributed by atoms with Crippen LogP contribution in [0.2, 0.25) is 0 Å². The minimum Gasteiger partial charge on any atom is -0.508 e. The number of nitrogens with zero attached hydrogens (tertiary/aromatic N) is 2. The van der Waals surface area contributed by atoms with Gasteiger partial charge in [-0.15, -0.1) is 0 Å². The number of para-hydroxylation sites is 1. The Bertz CT molecular complexity index is 675. The van der Waals surface area contributed by atoms with E-state index < -0.39 is 6.04 Å². The predicted octanol–water partition coefficient (Wildman–Crippen LogP) is 1.54. The molecule has 2 aromatic rings. The Labute approximate surface area is 121 Å². The standard InChI is InChI=1S/C15H15N3O3/c1-17-14(12-8-7-11(19)9-13(12)20)15(21)18(16-17)10-5-3-2-4-6-10/h2-9,14,16,19-20H,1H3. The van der Waals surface area contributed by atoms with Crippen molar-refractivity contribution in [3.05, 3.63) is 54.1 Å². The lowest BCUT2D eigenvalue weighted by atomic mass is 10.0. The molecule has 1 unspecified atom stereocenters. The Balaban J connectivity index is 1.96. The van der Waals surface area contributed by atoms with Crippen molar-refractivity contribution in [1.82, 2.24) is 10.5 Å². The number of carbonyl (C=O) groups is 1. The highest BCUT2D eigenvalue weighted by Crippen LogP contribution is 2.35. The van der Waals surface area contributed by atoms with Crippen LogP contribution in [0.5, 0.6) is 11.5 Å². The van der Waals surface area contributed by atoms with E-state index in [1.807, 2.05) is 30.3 Å². The van der Waals surface area contributed by atoms with Gasteiger partial charge in [0.2, 0.25) is 0 Å². The maximum atomic E-state index is 12.6. The van der Waals surface area contributed by atoms with Crippen LogP contribution in [0, 0.1) is 0 Å². The highest BCUT2D eigenvalue weighted by molar-refractivity contribution is 5.99. The van der Waals surface area contributed by atoms with Gasteiger partial charge in [-0.2, -0.15) is 5.53 Å². The van der Waals surface area contributed by atoms with Gasteiger partial charge >= 0.3 is 0 Å². The second-order valence-electron chi connectivity index (χ2n) is 4.87. The average molecular weight is 285 g/mol. The van der Waals surface area contributed by atoms with E-state index in [1.165, 1.54) is 17.1 Å². The van der Waals surface area contributed by atoms with Crippen LogP contribution in [0.1, 0.15) is 11.6 Å². The smallest absolute Gasteiger partial charge is 0.265 e. The predicted molar refractivity (Wildman–Crippen MR) is 77.3 cm³/mol. The van der Waals surface area contributed by atoms with Crippen molar-refractivity contribution in [1.29, 1.82) is 0 Å². The van der Waals surface area contributed by atoms with Crippen molar-refractivity contribution in [3.63, 3.8) is 0 Å². The van der Waals surface area contributed by atoms with Crippen molar-refractivity contribution in [2.24, 2.45) is 0 Å². The fourth-order valence-electron chi connectivity index (χ4n) is 2.42. The molecule has 1 heterocycles. The normalized spacial score (nSPS) is 19.2. The Morgan fingerprint density at radius 2 is 1.81 bits per heavy atom. The van der Waals surface area contributed by atoms with Crippen LogP contribution in [-0.2, 0) is 4.79 Å². The summed E-state index contributed by atoms with van der Waals surface area (Å²) in [5.41, 5.74) is 4.11. The number of anilines is 1. The molecular weight excluding hydrogens is 270 g/mol. The third-order valence-corrected chi connectivity index (χ3v) is 3.42. The Kier molecular flexibility index (Phi) is 3.25. The van der Waals surface area contributed by atoms with Crippen LogP contribution in [0.3, 0.4) is 0 Å². The monoisotopic (exact) mass is 285 g/mol. The molecule has 1 aliphatic rings. The van der Waals surface area contributed by atoms with Gasteiger partial charge < -0.3 is 10.2 Å². The summed E-state index contributed by atoms with van der Waals surface area (Å²) in [5.74, 6) is -0.362. The van der Waals surface area contributed by atoms with E-state index in [0.717, 1.165) is 5.69 Å². The third kappa shape index (κ3) is 2.31. The molecule has 21 heavy (non-hydrogen) atoms. The maximum Gasteiger partial charge on any atom is 0.265 e. The Hall–Kier alpha value is -2.57. The molecule has 6 heteroatoms. The highest BCUT2D eigenvalue weighted by atomic mass is 16.3. The van der Waals surface area contributed by atoms with Gasteiger partial charge in [0.1, 0.15) is 17.5 Å². The SMILES string of the molecule is CN1NN(c2ccccc2)C(=O)C1c1ccc(O)cc1O. The quantitative estimate of drug-likeness (QED) is 0.780. The van der Waals surface area contributed by atoms with Crippen LogP contribution in [0.25, 0.3) is 0 Å². The minimum atomic E-state index is -0.661. The van der Waals surface area contributed by atoms with Crippen molar-refractivity contribution in [2.75, 3.05) is 12.1 Å². The number of rotatable bonds is 2. The summed E-state index contributed by atoms with van der Waals surface area (Å²) in [5, 5.41) is 22.4. The molecule has 3 N–H and O–H groups in total. The molecule has 0 aromatic heterocycles. The second kappa shape index (κ2) is 5.08. The molecule has 0 spiro atoms. The summed E-state index contributed by atoms with van der Waals surface area (Å²) in [6.07, 6.45) is 0. The zero-order valence-corrected chi connectivity index (χ0v) is 11.4. The van der Waals surface area contributed by atoms with E-state index in [0.29, 0.717) is 5.56 Å². The van der Waals surface area contributed by atoms with Gasteiger partial charge in [0.25, 0.3) is 5.91 Å². The van der Waals surface area contributed by atoms with Crippen molar-refractivity contribution < 1.29 is 15.0 Å². The lowest BCUT2D eigenvalue weighted by molar-refractivity contribution is -0.119. The molecule has 1 atom stereocenters. The minimum absolute atomic E-state index is 0.0442. The van der Waals surface area contributed by atoms with Crippen molar-refractivity contribution >= 4 is 11.6 Å². The lowest BCUT2D eigenvalue weighted by Crippen LogP contribution is -2.38. The van der Waals surface area contributed by atoms with Crippen LogP contribution in [-0.4, -0.2) is 28.2 Å². The first-order valence-electron chi connectivity index (χ1n) is 6.48. The average Bonchev–Trinajstić information content (AvgIpc) is 2.76. The van der Waals surface area contributed by atoms with Crippen molar-refractivity contribution in [3.8, 4) is 11.5 Å². The lowest BCUT2D eigenvalue weighted by Gasteiger charge is -2.17. The van der Waals surface area contributed by atoms with Crippen LogP contribution in [0.15, 0.2) is 48.5 Å². The number of hydrogen-bond donors (Lipinski definition) is 3. The molecule has 0 saturated carbocycles. The number of phenolic OH excluding ortho intramolecular Hbond substituents is 2. The summed E-state index contributed by atoms with van der Waals surface area (Å²) >= 11 is 0. The number of carbonyl (C=O) groups excluding carboxylic acids is 1. The first-order valence-corrected chi connectivity index (χ1v) is 6.48. The van der Waals surface area contributed by atoms with E-state index in [9.17, 15) is 15.0 Å².